The van der Waals surface area contributed by atoms with E-state index in [1.807, 2.05) is 6.07 Å². The average Bonchev–Trinajstić information content (AvgIpc) is 2.47. The van der Waals surface area contributed by atoms with Gasteiger partial charge in [0, 0.05) is 38.8 Å². The molecule has 0 N–H and O–H groups in total. The van der Waals surface area contributed by atoms with Crippen LogP contribution in [0.15, 0.2) is 6.07 Å². The van der Waals surface area contributed by atoms with Gasteiger partial charge in [0.15, 0.2) is 0 Å². The molecular formula is C17H29N3O2. The van der Waals surface area contributed by atoms with Crippen molar-refractivity contribution in [2.45, 2.75) is 52.2 Å². The number of aromatic nitrogens is 2. The Morgan fingerprint density at radius 2 is 2.00 bits per heavy atom. The average molecular weight is 307 g/mol. The summed E-state index contributed by atoms with van der Waals surface area (Å²) in [6, 6.07) is 2.04. The van der Waals surface area contributed by atoms with E-state index in [2.05, 4.69) is 37.6 Å². The molecule has 5 nitrogen and oxygen atoms in total. The molecule has 2 heterocycles. The standard InChI is InChI=1S/C17H29N3O2/c1-12-7-8-20(10-14(12)22-6)15-9-13(11-21-5)18-16(19-15)17(2,3)4/h9,12,14H,7-8,10-11H2,1-6H3. The summed E-state index contributed by atoms with van der Waals surface area (Å²) in [6.45, 7) is 11.1. The summed E-state index contributed by atoms with van der Waals surface area (Å²) in [4.78, 5) is 11.8. The molecule has 2 atom stereocenters. The molecule has 0 spiro atoms. The summed E-state index contributed by atoms with van der Waals surface area (Å²) in [5.41, 5.74) is 0.854. The van der Waals surface area contributed by atoms with Crippen molar-refractivity contribution in [1.82, 2.24) is 9.97 Å². The van der Waals surface area contributed by atoms with Crippen LogP contribution in [0.25, 0.3) is 0 Å². The Labute approximate surface area is 134 Å². The number of anilines is 1. The van der Waals surface area contributed by atoms with E-state index < -0.39 is 0 Å². The molecule has 1 aliphatic rings. The van der Waals surface area contributed by atoms with Crippen LogP contribution in [-0.4, -0.2) is 43.4 Å². The molecule has 1 aromatic heterocycles. The third kappa shape index (κ3) is 3.96. The zero-order chi connectivity index (χ0) is 16.3. The van der Waals surface area contributed by atoms with E-state index in [0.717, 1.165) is 36.8 Å². The largest absolute Gasteiger partial charge is 0.379 e. The zero-order valence-corrected chi connectivity index (χ0v) is 14.7. The number of piperidine rings is 1. The smallest absolute Gasteiger partial charge is 0.136 e. The summed E-state index contributed by atoms with van der Waals surface area (Å²) >= 11 is 0. The van der Waals surface area contributed by atoms with Gasteiger partial charge in [0.25, 0.3) is 0 Å². The molecule has 0 amide bonds. The first-order valence-corrected chi connectivity index (χ1v) is 8.00. The molecule has 2 rings (SSSR count). The number of hydrogen-bond acceptors (Lipinski definition) is 5. The monoisotopic (exact) mass is 307 g/mol. The summed E-state index contributed by atoms with van der Waals surface area (Å²) in [5, 5.41) is 0. The van der Waals surface area contributed by atoms with Gasteiger partial charge in [-0.05, 0) is 12.3 Å². The van der Waals surface area contributed by atoms with Crippen molar-refractivity contribution >= 4 is 5.82 Å². The quantitative estimate of drug-likeness (QED) is 0.856. The molecule has 22 heavy (non-hydrogen) atoms. The van der Waals surface area contributed by atoms with E-state index >= 15 is 0 Å². The van der Waals surface area contributed by atoms with Crippen molar-refractivity contribution in [3.05, 3.63) is 17.6 Å². The normalized spacial score (nSPS) is 22.9. The van der Waals surface area contributed by atoms with Crippen molar-refractivity contribution in [3.8, 4) is 0 Å². The first-order chi connectivity index (χ1) is 10.3. The van der Waals surface area contributed by atoms with Crippen LogP contribution in [0.5, 0.6) is 0 Å². The first-order valence-electron chi connectivity index (χ1n) is 8.00. The molecular weight excluding hydrogens is 278 g/mol. The van der Waals surface area contributed by atoms with Gasteiger partial charge in [-0.3, -0.25) is 0 Å². The van der Waals surface area contributed by atoms with E-state index in [1.54, 1.807) is 14.2 Å². The molecule has 124 valence electrons. The lowest BCUT2D eigenvalue weighted by Gasteiger charge is -2.37. The molecule has 0 radical (unpaired) electrons. The molecule has 2 unspecified atom stereocenters. The Hall–Kier alpha value is -1.20. The third-order valence-electron chi connectivity index (χ3n) is 4.24. The van der Waals surface area contributed by atoms with Crippen LogP contribution in [0, 0.1) is 5.92 Å². The number of ether oxygens (including phenoxy) is 2. The van der Waals surface area contributed by atoms with E-state index in [4.69, 9.17) is 14.5 Å². The summed E-state index contributed by atoms with van der Waals surface area (Å²) < 4.78 is 10.9. The van der Waals surface area contributed by atoms with E-state index in [9.17, 15) is 0 Å². The minimum Gasteiger partial charge on any atom is -0.379 e. The minimum atomic E-state index is -0.0811. The highest BCUT2D eigenvalue weighted by Gasteiger charge is 2.28. The maximum Gasteiger partial charge on any atom is 0.136 e. The lowest BCUT2D eigenvalue weighted by molar-refractivity contribution is 0.0496. The molecule has 0 aromatic carbocycles. The van der Waals surface area contributed by atoms with Crippen LogP contribution in [-0.2, 0) is 21.5 Å². The highest BCUT2D eigenvalue weighted by molar-refractivity contribution is 5.41. The second-order valence-electron chi connectivity index (χ2n) is 7.21. The molecule has 1 fully saturated rings. The predicted octanol–water partition coefficient (Wildman–Crippen LogP) is 2.78. The van der Waals surface area contributed by atoms with Gasteiger partial charge in [-0.2, -0.15) is 0 Å². The molecule has 0 saturated carbocycles. The van der Waals surface area contributed by atoms with Crippen molar-refractivity contribution < 1.29 is 9.47 Å². The van der Waals surface area contributed by atoms with Crippen LogP contribution in [0.4, 0.5) is 5.82 Å². The van der Waals surface area contributed by atoms with Crippen LogP contribution in [0.3, 0.4) is 0 Å². The van der Waals surface area contributed by atoms with Gasteiger partial charge in [0.1, 0.15) is 11.6 Å². The number of nitrogens with zero attached hydrogens (tertiary/aromatic N) is 3. The molecule has 1 saturated heterocycles. The maximum absolute atomic E-state index is 5.62. The van der Waals surface area contributed by atoms with Crippen molar-refractivity contribution in [2.75, 3.05) is 32.2 Å². The number of rotatable bonds is 4. The Bertz CT molecular complexity index is 499. The van der Waals surface area contributed by atoms with E-state index in [0.29, 0.717) is 12.5 Å². The second-order valence-corrected chi connectivity index (χ2v) is 7.21. The molecule has 1 aromatic rings. The third-order valence-corrected chi connectivity index (χ3v) is 4.24. The van der Waals surface area contributed by atoms with Gasteiger partial charge in [-0.15, -0.1) is 0 Å². The zero-order valence-electron chi connectivity index (χ0n) is 14.7. The Morgan fingerprint density at radius 3 is 2.59 bits per heavy atom. The van der Waals surface area contributed by atoms with Crippen LogP contribution >= 0.6 is 0 Å². The molecule has 5 heteroatoms. The van der Waals surface area contributed by atoms with Gasteiger partial charge in [-0.1, -0.05) is 27.7 Å². The SMILES string of the molecule is COCc1cc(N2CCC(C)C(OC)C2)nc(C(C)(C)C)n1. The Balaban J connectivity index is 2.31. The topological polar surface area (TPSA) is 47.5 Å². The van der Waals surface area contributed by atoms with Gasteiger partial charge in [-0.25, -0.2) is 9.97 Å². The van der Waals surface area contributed by atoms with Crippen molar-refractivity contribution in [3.63, 3.8) is 0 Å². The van der Waals surface area contributed by atoms with Crippen molar-refractivity contribution in [2.24, 2.45) is 5.92 Å². The van der Waals surface area contributed by atoms with Gasteiger partial charge in [0.05, 0.1) is 18.4 Å². The maximum atomic E-state index is 5.62. The first kappa shape index (κ1) is 17.2. The lowest BCUT2D eigenvalue weighted by Crippen LogP contribution is -2.44. The van der Waals surface area contributed by atoms with Crippen LogP contribution in [0.1, 0.15) is 45.6 Å². The molecule has 0 bridgehead atoms. The summed E-state index contributed by atoms with van der Waals surface area (Å²) in [6.07, 6.45) is 1.38. The fourth-order valence-corrected chi connectivity index (χ4v) is 2.75. The van der Waals surface area contributed by atoms with Crippen LogP contribution < -0.4 is 4.90 Å². The summed E-state index contributed by atoms with van der Waals surface area (Å²) in [7, 11) is 3.49. The molecule has 0 aliphatic carbocycles. The van der Waals surface area contributed by atoms with Gasteiger partial charge >= 0.3 is 0 Å². The van der Waals surface area contributed by atoms with Crippen molar-refractivity contribution in [1.29, 1.82) is 0 Å². The Morgan fingerprint density at radius 1 is 1.27 bits per heavy atom. The second kappa shape index (κ2) is 6.92. The highest BCUT2D eigenvalue weighted by Crippen LogP contribution is 2.27. The van der Waals surface area contributed by atoms with E-state index in [1.165, 1.54) is 0 Å². The minimum absolute atomic E-state index is 0.0811. The van der Waals surface area contributed by atoms with Gasteiger partial charge < -0.3 is 14.4 Å². The number of hydrogen-bond donors (Lipinski definition) is 0. The van der Waals surface area contributed by atoms with Gasteiger partial charge in [0.2, 0.25) is 0 Å². The highest BCUT2D eigenvalue weighted by atomic mass is 16.5. The number of methoxy groups -OCH3 is 2. The fraction of sp³-hybridized carbons (Fsp3) is 0.765. The van der Waals surface area contributed by atoms with E-state index in [-0.39, 0.29) is 11.5 Å². The Kier molecular flexibility index (Phi) is 5.40. The van der Waals surface area contributed by atoms with Crippen LogP contribution in [0.2, 0.25) is 0 Å². The molecule has 1 aliphatic heterocycles. The predicted molar refractivity (Wildman–Crippen MR) is 88.2 cm³/mol. The summed E-state index contributed by atoms with van der Waals surface area (Å²) in [5.74, 6) is 2.44. The fourth-order valence-electron chi connectivity index (χ4n) is 2.75. The lowest BCUT2D eigenvalue weighted by atomic mass is 9.94.